The Bertz CT molecular complexity index is 849. The molecule has 2 aromatic heterocycles. The molecule has 0 saturated carbocycles. The fourth-order valence-corrected chi connectivity index (χ4v) is 2.87. The normalized spacial score (nSPS) is 16.8. The van der Waals surface area contributed by atoms with E-state index in [-0.39, 0.29) is 12.0 Å². The summed E-state index contributed by atoms with van der Waals surface area (Å²) in [5.74, 6) is 1.03. The van der Waals surface area contributed by atoms with Crippen molar-refractivity contribution in [2.75, 3.05) is 13.1 Å². The highest BCUT2D eigenvalue weighted by Crippen LogP contribution is 2.22. The summed E-state index contributed by atoms with van der Waals surface area (Å²) >= 11 is 0. The molecule has 3 heterocycles. The predicted molar refractivity (Wildman–Crippen MR) is 91.1 cm³/mol. The predicted octanol–water partition coefficient (Wildman–Crippen LogP) is 3.03. The van der Waals surface area contributed by atoms with Crippen LogP contribution in [0.3, 0.4) is 0 Å². The molecule has 4 rings (SSSR count). The molecule has 1 atom stereocenters. The molecule has 25 heavy (non-hydrogen) atoms. The zero-order valence-electron chi connectivity index (χ0n) is 13.5. The lowest BCUT2D eigenvalue weighted by atomic mass is 10.1. The average molecular weight is 335 g/mol. The molecule has 1 amide bonds. The van der Waals surface area contributed by atoms with Gasteiger partial charge in [-0.15, -0.1) is 0 Å². The minimum absolute atomic E-state index is 0.0562. The van der Waals surface area contributed by atoms with Crippen LogP contribution in [-0.4, -0.2) is 40.1 Å². The van der Waals surface area contributed by atoms with Crippen LogP contribution in [0, 0.1) is 0 Å². The van der Waals surface area contributed by atoms with E-state index in [4.69, 9.17) is 9.26 Å². The van der Waals surface area contributed by atoms with E-state index in [1.807, 2.05) is 48.5 Å². The summed E-state index contributed by atoms with van der Waals surface area (Å²) in [6.45, 7) is 1.15. The van der Waals surface area contributed by atoms with Crippen LogP contribution in [0.1, 0.15) is 16.9 Å². The lowest BCUT2D eigenvalue weighted by molar-refractivity contribution is 0.0761. The minimum Gasteiger partial charge on any atom is -0.472 e. The average Bonchev–Trinajstić information content (AvgIpc) is 3.33. The van der Waals surface area contributed by atoms with Crippen LogP contribution in [0.4, 0.5) is 0 Å². The minimum atomic E-state index is -0.141. The van der Waals surface area contributed by atoms with Crippen LogP contribution in [0.15, 0.2) is 65.3 Å². The maximum Gasteiger partial charge on any atom is 0.276 e. The van der Waals surface area contributed by atoms with Gasteiger partial charge >= 0.3 is 0 Å². The fourth-order valence-electron chi connectivity index (χ4n) is 2.87. The van der Waals surface area contributed by atoms with E-state index < -0.39 is 0 Å². The van der Waals surface area contributed by atoms with Gasteiger partial charge in [-0.05, 0) is 6.07 Å². The molecule has 0 radical (unpaired) electrons. The number of benzene rings is 1. The Labute approximate surface area is 145 Å². The summed E-state index contributed by atoms with van der Waals surface area (Å²) in [7, 11) is 0. The largest absolute Gasteiger partial charge is 0.472 e. The molecule has 0 N–H and O–H groups in total. The van der Waals surface area contributed by atoms with Crippen molar-refractivity contribution in [2.24, 2.45) is 0 Å². The van der Waals surface area contributed by atoms with Crippen molar-refractivity contribution >= 4 is 5.91 Å². The standard InChI is InChI=1S/C19H17N3O3/c23-19(16-12-17(25-21-16)14-6-2-1-3-7-14)22-11-9-15(13-22)24-18-8-4-5-10-20-18/h1-8,10,12,15H,9,11,13H2. The lowest BCUT2D eigenvalue weighted by Gasteiger charge is -2.15. The number of pyridine rings is 1. The zero-order valence-corrected chi connectivity index (χ0v) is 13.5. The van der Waals surface area contributed by atoms with Gasteiger partial charge in [0.05, 0.1) is 6.54 Å². The first-order valence-electron chi connectivity index (χ1n) is 8.19. The zero-order chi connectivity index (χ0) is 17.1. The summed E-state index contributed by atoms with van der Waals surface area (Å²) in [5.41, 5.74) is 1.21. The van der Waals surface area contributed by atoms with Crippen molar-refractivity contribution < 1.29 is 14.1 Å². The van der Waals surface area contributed by atoms with Gasteiger partial charge in [0.1, 0.15) is 6.10 Å². The molecule has 126 valence electrons. The van der Waals surface area contributed by atoms with Crippen LogP contribution in [0.5, 0.6) is 5.88 Å². The van der Waals surface area contributed by atoms with Crippen LogP contribution < -0.4 is 4.74 Å². The van der Waals surface area contributed by atoms with Gasteiger partial charge in [-0.1, -0.05) is 41.6 Å². The van der Waals surface area contributed by atoms with E-state index in [1.165, 1.54) is 0 Å². The van der Waals surface area contributed by atoms with E-state index in [2.05, 4.69) is 10.1 Å². The highest BCUT2D eigenvalue weighted by atomic mass is 16.5. The smallest absolute Gasteiger partial charge is 0.276 e. The second-order valence-corrected chi connectivity index (χ2v) is 5.89. The summed E-state index contributed by atoms with van der Waals surface area (Å²) in [5, 5.41) is 3.93. The van der Waals surface area contributed by atoms with E-state index >= 15 is 0 Å². The highest BCUT2D eigenvalue weighted by molar-refractivity contribution is 5.93. The molecule has 0 spiro atoms. The number of rotatable bonds is 4. The van der Waals surface area contributed by atoms with Gasteiger partial charge in [0.15, 0.2) is 11.5 Å². The van der Waals surface area contributed by atoms with Gasteiger partial charge in [0.2, 0.25) is 5.88 Å². The Morgan fingerprint density at radius 3 is 2.80 bits per heavy atom. The number of hydrogen-bond donors (Lipinski definition) is 0. The maximum atomic E-state index is 12.6. The number of carbonyl (C=O) groups is 1. The summed E-state index contributed by atoms with van der Waals surface area (Å²) in [6, 6.07) is 16.8. The fraction of sp³-hybridized carbons (Fsp3) is 0.211. The van der Waals surface area contributed by atoms with Gasteiger partial charge in [0, 0.05) is 36.9 Å². The molecular weight excluding hydrogens is 318 g/mol. The van der Waals surface area contributed by atoms with E-state index in [0.717, 1.165) is 12.0 Å². The molecular formula is C19H17N3O3. The first kappa shape index (κ1) is 15.4. The highest BCUT2D eigenvalue weighted by Gasteiger charge is 2.30. The SMILES string of the molecule is O=C(c1cc(-c2ccccc2)on1)N1CCC(Oc2ccccn2)C1. The first-order chi connectivity index (χ1) is 12.3. The van der Waals surface area contributed by atoms with E-state index in [1.54, 1.807) is 17.2 Å². The molecule has 1 saturated heterocycles. The second kappa shape index (κ2) is 6.76. The second-order valence-electron chi connectivity index (χ2n) is 5.89. The molecule has 6 heteroatoms. The van der Waals surface area contributed by atoms with Gasteiger partial charge in [-0.2, -0.15) is 0 Å². The van der Waals surface area contributed by atoms with E-state index in [9.17, 15) is 4.79 Å². The van der Waals surface area contributed by atoms with Crippen molar-refractivity contribution in [3.8, 4) is 17.2 Å². The van der Waals surface area contributed by atoms with Gasteiger partial charge in [-0.25, -0.2) is 4.98 Å². The van der Waals surface area contributed by atoms with Crippen LogP contribution in [0.2, 0.25) is 0 Å². The third kappa shape index (κ3) is 3.38. The summed E-state index contributed by atoms with van der Waals surface area (Å²) in [6.07, 6.45) is 2.40. The van der Waals surface area contributed by atoms with Crippen molar-refractivity contribution in [2.45, 2.75) is 12.5 Å². The third-order valence-electron chi connectivity index (χ3n) is 4.14. The molecule has 1 aromatic carbocycles. The van der Waals surface area contributed by atoms with Crippen molar-refractivity contribution in [3.63, 3.8) is 0 Å². The number of ether oxygens (including phenoxy) is 1. The van der Waals surface area contributed by atoms with Crippen LogP contribution >= 0.6 is 0 Å². The Morgan fingerprint density at radius 1 is 1.16 bits per heavy atom. The number of aromatic nitrogens is 2. The molecule has 1 aliphatic rings. The van der Waals surface area contributed by atoms with Gasteiger partial charge in [-0.3, -0.25) is 4.79 Å². The monoisotopic (exact) mass is 335 g/mol. The van der Waals surface area contributed by atoms with Crippen LogP contribution in [-0.2, 0) is 0 Å². The van der Waals surface area contributed by atoms with E-state index in [0.29, 0.717) is 30.4 Å². The quantitative estimate of drug-likeness (QED) is 0.733. The lowest BCUT2D eigenvalue weighted by Crippen LogP contribution is -2.31. The molecule has 0 aliphatic carbocycles. The van der Waals surface area contributed by atoms with Crippen molar-refractivity contribution in [1.82, 2.24) is 15.0 Å². The Kier molecular flexibility index (Phi) is 4.16. The Morgan fingerprint density at radius 2 is 2.00 bits per heavy atom. The molecule has 6 nitrogen and oxygen atoms in total. The van der Waals surface area contributed by atoms with Crippen molar-refractivity contribution in [1.29, 1.82) is 0 Å². The molecule has 1 aliphatic heterocycles. The van der Waals surface area contributed by atoms with Crippen molar-refractivity contribution in [3.05, 3.63) is 66.5 Å². The Balaban J connectivity index is 1.41. The van der Waals surface area contributed by atoms with Gasteiger partial charge < -0.3 is 14.2 Å². The number of likely N-dealkylation sites (tertiary alicyclic amines) is 1. The summed E-state index contributed by atoms with van der Waals surface area (Å²) in [4.78, 5) is 18.5. The number of hydrogen-bond acceptors (Lipinski definition) is 5. The Hall–Kier alpha value is -3.15. The maximum absolute atomic E-state index is 12.6. The molecule has 1 fully saturated rings. The molecule has 0 bridgehead atoms. The summed E-state index contributed by atoms with van der Waals surface area (Å²) < 4.78 is 11.1. The molecule has 3 aromatic rings. The molecule has 1 unspecified atom stereocenters. The number of amides is 1. The van der Waals surface area contributed by atoms with Gasteiger partial charge in [0.25, 0.3) is 5.91 Å². The van der Waals surface area contributed by atoms with Crippen LogP contribution in [0.25, 0.3) is 11.3 Å². The number of carbonyl (C=O) groups excluding carboxylic acids is 1. The third-order valence-corrected chi connectivity index (χ3v) is 4.14. The number of nitrogens with zero attached hydrogens (tertiary/aromatic N) is 3. The topological polar surface area (TPSA) is 68.5 Å². The first-order valence-corrected chi connectivity index (χ1v) is 8.19.